The van der Waals surface area contributed by atoms with Crippen LogP contribution in [0.15, 0.2) is 18.5 Å². The highest BCUT2D eigenvalue weighted by Gasteiger charge is 2.35. The molecule has 2 aromatic heterocycles. The predicted molar refractivity (Wildman–Crippen MR) is 118 cm³/mol. The summed E-state index contributed by atoms with van der Waals surface area (Å²) in [7, 11) is -0.414. The third kappa shape index (κ3) is 4.62. The Bertz CT molecular complexity index is 1030. The number of piperidine rings is 1. The van der Waals surface area contributed by atoms with E-state index in [9.17, 15) is 13.2 Å². The highest BCUT2D eigenvalue weighted by atomic mass is 32.2. The van der Waals surface area contributed by atoms with Crippen molar-refractivity contribution < 1.29 is 13.2 Å². The van der Waals surface area contributed by atoms with Crippen molar-refractivity contribution in [2.45, 2.75) is 44.6 Å². The predicted octanol–water partition coefficient (Wildman–Crippen LogP) is 2.63. The van der Waals surface area contributed by atoms with Crippen LogP contribution in [0.5, 0.6) is 0 Å². The Labute approximate surface area is 181 Å². The standard InChI is InChI=1S/C19H28N6O3S2/c1-13-9-17(18(29-13)14-6-7-14)21-19(26)22-30(27,28)25(16-10-20-24(3)12-16)15-5-4-8-23(2)11-15/h9-10,12,14-15H,4-8,11H2,1-3H3,(H2,21,22,26)/t15-/m0/s1. The van der Waals surface area contributed by atoms with Gasteiger partial charge in [-0.05, 0) is 58.2 Å². The minimum Gasteiger partial charge on any atom is -0.306 e. The first kappa shape index (κ1) is 21.1. The number of likely N-dealkylation sites (N-methyl/N-ethyl adjacent to an activating group) is 1. The molecule has 1 aliphatic heterocycles. The van der Waals surface area contributed by atoms with Gasteiger partial charge in [0.25, 0.3) is 0 Å². The third-order valence-corrected chi connectivity index (χ3v) is 8.12. The summed E-state index contributed by atoms with van der Waals surface area (Å²) in [5, 5.41) is 6.88. The van der Waals surface area contributed by atoms with Gasteiger partial charge in [0.05, 0.1) is 23.6 Å². The number of aryl methyl sites for hydroxylation is 2. The lowest BCUT2D eigenvalue weighted by Gasteiger charge is -2.37. The van der Waals surface area contributed by atoms with Gasteiger partial charge in [0, 0.05) is 29.5 Å². The lowest BCUT2D eigenvalue weighted by Crippen LogP contribution is -2.54. The van der Waals surface area contributed by atoms with E-state index in [4.69, 9.17) is 0 Å². The topological polar surface area (TPSA) is 99.6 Å². The summed E-state index contributed by atoms with van der Waals surface area (Å²) < 4.78 is 31.6. The van der Waals surface area contributed by atoms with Gasteiger partial charge in [-0.25, -0.2) is 13.8 Å². The van der Waals surface area contributed by atoms with Crippen molar-refractivity contribution in [2.75, 3.05) is 29.8 Å². The molecule has 4 rings (SSSR count). The van der Waals surface area contributed by atoms with Gasteiger partial charge in [-0.1, -0.05) is 0 Å². The Kier molecular flexibility index (Phi) is 5.78. The number of carbonyl (C=O) groups excluding carboxylic acids is 1. The maximum absolute atomic E-state index is 13.3. The number of nitrogens with zero attached hydrogens (tertiary/aromatic N) is 4. The van der Waals surface area contributed by atoms with Gasteiger partial charge >= 0.3 is 16.2 Å². The van der Waals surface area contributed by atoms with E-state index in [2.05, 4.69) is 20.0 Å². The second-order valence-corrected chi connectivity index (χ2v) is 11.0. The van der Waals surface area contributed by atoms with Gasteiger partial charge in [-0.3, -0.25) is 4.68 Å². The first-order chi connectivity index (χ1) is 14.2. The molecule has 0 aromatic carbocycles. The van der Waals surface area contributed by atoms with Crippen LogP contribution < -0.4 is 14.3 Å². The van der Waals surface area contributed by atoms with Crippen LogP contribution in [0.3, 0.4) is 0 Å². The largest absolute Gasteiger partial charge is 0.334 e. The molecule has 30 heavy (non-hydrogen) atoms. The number of carbonyl (C=O) groups is 1. The molecule has 1 aliphatic carbocycles. The number of aromatic nitrogens is 2. The van der Waals surface area contributed by atoms with Crippen LogP contribution in [-0.4, -0.2) is 55.3 Å². The van der Waals surface area contributed by atoms with Crippen molar-refractivity contribution in [3.05, 3.63) is 28.2 Å². The van der Waals surface area contributed by atoms with Gasteiger partial charge in [0.2, 0.25) is 0 Å². The fourth-order valence-electron chi connectivity index (χ4n) is 3.99. The van der Waals surface area contributed by atoms with Gasteiger partial charge in [0.1, 0.15) is 0 Å². The van der Waals surface area contributed by atoms with Crippen LogP contribution in [0.25, 0.3) is 0 Å². The first-order valence-electron chi connectivity index (χ1n) is 10.1. The van der Waals surface area contributed by atoms with Crippen molar-refractivity contribution in [1.82, 2.24) is 19.4 Å². The number of amides is 2. The quantitative estimate of drug-likeness (QED) is 0.702. The summed E-state index contributed by atoms with van der Waals surface area (Å²) in [6.07, 6.45) is 6.99. The molecule has 0 radical (unpaired) electrons. The monoisotopic (exact) mass is 452 g/mol. The second kappa shape index (κ2) is 8.20. The zero-order valence-electron chi connectivity index (χ0n) is 17.5. The van der Waals surface area contributed by atoms with E-state index in [-0.39, 0.29) is 6.04 Å². The lowest BCUT2D eigenvalue weighted by molar-refractivity contribution is 0.251. The molecule has 0 spiro atoms. The molecule has 1 saturated heterocycles. The van der Waals surface area contributed by atoms with E-state index in [0.29, 0.717) is 23.8 Å². The maximum Gasteiger partial charge on any atom is 0.334 e. The molecule has 2 aliphatic rings. The van der Waals surface area contributed by atoms with Crippen LogP contribution >= 0.6 is 11.3 Å². The SMILES string of the molecule is Cc1cc(NC(=O)NS(=O)(=O)N(c2cnn(C)c2)[C@H]2CCCN(C)C2)c(C2CC2)s1. The summed E-state index contributed by atoms with van der Waals surface area (Å²) in [4.78, 5) is 17.0. The van der Waals surface area contributed by atoms with E-state index in [0.717, 1.165) is 42.0 Å². The molecule has 2 amide bonds. The number of anilines is 2. The second-order valence-electron chi connectivity index (χ2n) is 8.20. The number of rotatable bonds is 6. The number of likely N-dealkylation sites (tertiary alicyclic amines) is 1. The molecule has 3 heterocycles. The molecular weight excluding hydrogens is 424 g/mol. The Hall–Kier alpha value is -2.11. The molecule has 2 N–H and O–H groups in total. The Morgan fingerprint density at radius 3 is 2.70 bits per heavy atom. The molecular formula is C19H28N6O3S2. The van der Waals surface area contributed by atoms with E-state index in [1.807, 2.05) is 20.0 Å². The van der Waals surface area contributed by atoms with Crippen LogP contribution in [0.2, 0.25) is 0 Å². The number of hydrogen-bond acceptors (Lipinski definition) is 6. The average molecular weight is 453 g/mol. The minimum absolute atomic E-state index is 0.274. The summed E-state index contributed by atoms with van der Waals surface area (Å²) in [6.45, 7) is 3.50. The molecule has 164 valence electrons. The van der Waals surface area contributed by atoms with Crippen LogP contribution in [-0.2, 0) is 17.3 Å². The molecule has 9 nitrogen and oxygen atoms in total. The normalized spacial score (nSPS) is 20.2. The van der Waals surface area contributed by atoms with Crippen molar-refractivity contribution in [2.24, 2.45) is 7.05 Å². The maximum atomic E-state index is 13.3. The molecule has 11 heteroatoms. The number of nitrogens with one attached hydrogen (secondary N) is 2. The molecule has 0 unspecified atom stereocenters. The van der Waals surface area contributed by atoms with Gasteiger partial charge in [-0.2, -0.15) is 13.5 Å². The molecule has 2 aromatic rings. The molecule has 1 atom stereocenters. The highest BCUT2D eigenvalue weighted by Crippen LogP contribution is 2.47. The van der Waals surface area contributed by atoms with E-state index in [1.165, 1.54) is 10.5 Å². The van der Waals surface area contributed by atoms with Crippen LogP contribution in [0, 0.1) is 6.92 Å². The van der Waals surface area contributed by atoms with Gasteiger partial charge in [0.15, 0.2) is 0 Å². The van der Waals surface area contributed by atoms with E-state index < -0.39 is 16.2 Å². The van der Waals surface area contributed by atoms with Crippen LogP contribution in [0.1, 0.15) is 41.4 Å². The van der Waals surface area contributed by atoms with Crippen molar-refractivity contribution in [1.29, 1.82) is 0 Å². The van der Waals surface area contributed by atoms with Crippen molar-refractivity contribution in [3.63, 3.8) is 0 Å². The zero-order chi connectivity index (χ0) is 21.5. The molecule has 0 bridgehead atoms. The fraction of sp³-hybridized carbons (Fsp3) is 0.579. The summed E-state index contributed by atoms with van der Waals surface area (Å²) in [5.74, 6) is 0.472. The third-order valence-electron chi connectivity index (χ3n) is 5.44. The Morgan fingerprint density at radius 2 is 2.07 bits per heavy atom. The number of hydrogen-bond donors (Lipinski definition) is 2. The smallest absolute Gasteiger partial charge is 0.306 e. The summed E-state index contributed by atoms with van der Waals surface area (Å²) >= 11 is 1.65. The molecule has 1 saturated carbocycles. The first-order valence-corrected chi connectivity index (χ1v) is 12.4. The fourth-order valence-corrected chi connectivity index (χ4v) is 6.46. The lowest BCUT2D eigenvalue weighted by atomic mass is 10.1. The molecule has 2 fully saturated rings. The number of thiophene rings is 1. The number of urea groups is 1. The summed E-state index contributed by atoms with van der Waals surface area (Å²) in [5.41, 5.74) is 1.15. The van der Waals surface area contributed by atoms with Gasteiger partial charge < -0.3 is 10.2 Å². The average Bonchev–Trinajstić information content (AvgIpc) is 3.31. The van der Waals surface area contributed by atoms with E-state index >= 15 is 0 Å². The van der Waals surface area contributed by atoms with Crippen molar-refractivity contribution in [3.8, 4) is 0 Å². The highest BCUT2D eigenvalue weighted by molar-refractivity contribution is 7.91. The van der Waals surface area contributed by atoms with Crippen LogP contribution in [0.4, 0.5) is 16.2 Å². The Balaban J connectivity index is 1.55. The zero-order valence-corrected chi connectivity index (χ0v) is 19.1. The van der Waals surface area contributed by atoms with Gasteiger partial charge in [-0.15, -0.1) is 11.3 Å². The minimum atomic E-state index is -4.12. The summed E-state index contributed by atoms with van der Waals surface area (Å²) in [6, 6.07) is 0.885. The van der Waals surface area contributed by atoms with E-state index in [1.54, 1.807) is 29.3 Å². The Morgan fingerprint density at radius 1 is 1.30 bits per heavy atom. The van der Waals surface area contributed by atoms with Crippen molar-refractivity contribution >= 4 is 39.0 Å².